The number of aryl methyl sites for hydroxylation is 1. The zero-order valence-corrected chi connectivity index (χ0v) is 13.8. The lowest BCUT2D eigenvalue weighted by atomic mass is 9.85. The van der Waals surface area contributed by atoms with Gasteiger partial charge in [0.1, 0.15) is 16.6 Å². The molecule has 1 N–H and O–H groups in total. The van der Waals surface area contributed by atoms with E-state index in [4.69, 9.17) is 17.0 Å². The van der Waals surface area contributed by atoms with E-state index in [0.29, 0.717) is 11.8 Å². The molecule has 1 unspecified atom stereocenters. The van der Waals surface area contributed by atoms with E-state index in [0.717, 1.165) is 21.7 Å². The minimum Gasteiger partial charge on any atom is -0.373 e. The summed E-state index contributed by atoms with van der Waals surface area (Å²) in [4.78, 5) is 8.08. The van der Waals surface area contributed by atoms with E-state index >= 15 is 0 Å². The highest BCUT2D eigenvalue weighted by Crippen LogP contribution is 2.35. The molecule has 0 spiro atoms. The number of methoxy groups -OCH3 is 1. The fourth-order valence-corrected chi connectivity index (χ4v) is 3.88. The van der Waals surface area contributed by atoms with E-state index in [2.05, 4.69) is 30.7 Å². The number of nitrogens with one attached hydrogen (secondary N) is 1. The Labute approximate surface area is 127 Å². The van der Waals surface area contributed by atoms with Crippen LogP contribution in [0.2, 0.25) is 0 Å². The Kier molecular flexibility index (Phi) is 5.33. The maximum atomic E-state index is 5.75. The normalized spacial score (nSPS) is 18.4. The second kappa shape index (κ2) is 6.81. The van der Waals surface area contributed by atoms with Crippen LogP contribution in [0.15, 0.2) is 0 Å². The molecule has 0 bridgehead atoms. The molecule has 1 heterocycles. The maximum absolute atomic E-state index is 5.75. The monoisotopic (exact) mass is 294 g/mol. The SMILES string of the molecule is COC(c1nc(=S)c(C(C)C)c(C)[nH]1)C1CCCCC1. The Morgan fingerprint density at radius 2 is 1.90 bits per heavy atom. The summed E-state index contributed by atoms with van der Waals surface area (Å²) >= 11 is 5.49. The maximum Gasteiger partial charge on any atom is 0.137 e. The number of rotatable bonds is 4. The standard InChI is InChI=1S/C16H26N2OS/c1-10(2)13-11(3)17-15(18-16(13)20)14(19-4)12-8-6-5-7-9-12/h10,12,14H,5-9H2,1-4H3,(H,17,18,20). The lowest BCUT2D eigenvalue weighted by Crippen LogP contribution is -2.21. The number of aromatic amines is 1. The van der Waals surface area contributed by atoms with Crippen LogP contribution in [-0.2, 0) is 4.74 Å². The highest BCUT2D eigenvalue weighted by molar-refractivity contribution is 7.71. The predicted molar refractivity (Wildman–Crippen MR) is 84.6 cm³/mol. The van der Waals surface area contributed by atoms with Crippen molar-refractivity contribution in [3.05, 3.63) is 21.7 Å². The average Bonchev–Trinajstić information content (AvgIpc) is 2.39. The Balaban J connectivity index is 2.33. The van der Waals surface area contributed by atoms with Gasteiger partial charge in [-0.25, -0.2) is 4.98 Å². The molecule has 0 radical (unpaired) electrons. The molecular formula is C16H26N2OS. The summed E-state index contributed by atoms with van der Waals surface area (Å²) in [5.74, 6) is 1.87. The Morgan fingerprint density at radius 1 is 1.25 bits per heavy atom. The first kappa shape index (κ1) is 15.6. The van der Waals surface area contributed by atoms with Crippen molar-refractivity contribution >= 4 is 12.2 Å². The molecule has 0 aliphatic heterocycles. The van der Waals surface area contributed by atoms with Crippen LogP contribution in [0.3, 0.4) is 0 Å². The number of H-pyrrole nitrogens is 1. The van der Waals surface area contributed by atoms with Gasteiger partial charge in [0.25, 0.3) is 0 Å². The first-order valence-electron chi connectivity index (χ1n) is 7.68. The Morgan fingerprint density at radius 3 is 2.40 bits per heavy atom. The van der Waals surface area contributed by atoms with Gasteiger partial charge in [-0.15, -0.1) is 0 Å². The average molecular weight is 294 g/mol. The van der Waals surface area contributed by atoms with E-state index in [1.54, 1.807) is 7.11 Å². The molecule has 20 heavy (non-hydrogen) atoms. The molecule has 3 nitrogen and oxygen atoms in total. The molecule has 2 rings (SSSR count). The van der Waals surface area contributed by atoms with E-state index in [-0.39, 0.29) is 6.10 Å². The largest absolute Gasteiger partial charge is 0.373 e. The summed E-state index contributed by atoms with van der Waals surface area (Å²) in [5.41, 5.74) is 2.29. The van der Waals surface area contributed by atoms with Gasteiger partial charge in [0.2, 0.25) is 0 Å². The van der Waals surface area contributed by atoms with Crippen LogP contribution < -0.4 is 0 Å². The number of hydrogen-bond donors (Lipinski definition) is 1. The first-order chi connectivity index (χ1) is 9.54. The van der Waals surface area contributed by atoms with Gasteiger partial charge >= 0.3 is 0 Å². The van der Waals surface area contributed by atoms with Crippen LogP contribution in [0, 0.1) is 17.5 Å². The fourth-order valence-electron chi connectivity index (χ4n) is 3.40. The second-order valence-electron chi connectivity index (χ2n) is 6.17. The summed E-state index contributed by atoms with van der Waals surface area (Å²) in [6.07, 6.45) is 6.46. The summed E-state index contributed by atoms with van der Waals surface area (Å²) in [6.45, 7) is 6.40. The van der Waals surface area contributed by atoms with Crippen LogP contribution >= 0.6 is 12.2 Å². The van der Waals surface area contributed by atoms with Gasteiger partial charge in [0.05, 0.1) is 0 Å². The summed E-state index contributed by atoms with van der Waals surface area (Å²) < 4.78 is 6.47. The Hall–Kier alpha value is -0.740. The fraction of sp³-hybridized carbons (Fsp3) is 0.750. The smallest absolute Gasteiger partial charge is 0.137 e. The third-order valence-corrected chi connectivity index (χ3v) is 4.66. The quantitative estimate of drug-likeness (QED) is 0.808. The van der Waals surface area contributed by atoms with Gasteiger partial charge in [-0.2, -0.15) is 0 Å². The van der Waals surface area contributed by atoms with E-state index in [1.807, 2.05) is 0 Å². The van der Waals surface area contributed by atoms with Gasteiger partial charge in [0.15, 0.2) is 0 Å². The van der Waals surface area contributed by atoms with E-state index < -0.39 is 0 Å². The molecule has 1 aromatic heterocycles. The lowest BCUT2D eigenvalue weighted by Gasteiger charge is -2.29. The topological polar surface area (TPSA) is 37.9 Å². The van der Waals surface area contributed by atoms with Crippen molar-refractivity contribution in [3.63, 3.8) is 0 Å². The number of nitrogens with zero attached hydrogens (tertiary/aromatic N) is 1. The van der Waals surface area contributed by atoms with Crippen LogP contribution in [0.4, 0.5) is 0 Å². The molecule has 112 valence electrons. The molecule has 0 amide bonds. The van der Waals surface area contributed by atoms with Crippen molar-refractivity contribution in [3.8, 4) is 0 Å². The highest BCUT2D eigenvalue weighted by Gasteiger charge is 2.27. The molecule has 4 heteroatoms. The molecule has 1 aliphatic carbocycles. The highest BCUT2D eigenvalue weighted by atomic mass is 32.1. The zero-order chi connectivity index (χ0) is 14.7. The van der Waals surface area contributed by atoms with Gasteiger partial charge in [0, 0.05) is 18.4 Å². The van der Waals surface area contributed by atoms with Crippen molar-refractivity contribution in [1.29, 1.82) is 0 Å². The van der Waals surface area contributed by atoms with Gasteiger partial charge in [-0.05, 0) is 31.6 Å². The third kappa shape index (κ3) is 3.29. The van der Waals surface area contributed by atoms with Crippen molar-refractivity contribution in [2.24, 2.45) is 5.92 Å². The molecule has 0 saturated heterocycles. The van der Waals surface area contributed by atoms with Crippen molar-refractivity contribution < 1.29 is 4.74 Å². The van der Waals surface area contributed by atoms with Crippen molar-refractivity contribution in [2.75, 3.05) is 7.11 Å². The zero-order valence-electron chi connectivity index (χ0n) is 13.0. The first-order valence-corrected chi connectivity index (χ1v) is 8.09. The molecule has 1 aliphatic rings. The number of hydrogen-bond acceptors (Lipinski definition) is 3. The second-order valence-corrected chi connectivity index (χ2v) is 6.56. The van der Waals surface area contributed by atoms with Gasteiger partial charge < -0.3 is 9.72 Å². The summed E-state index contributed by atoms with van der Waals surface area (Å²) in [5, 5.41) is 0. The predicted octanol–water partition coefficient (Wildman–Crippen LogP) is 4.84. The molecule has 1 aromatic rings. The van der Waals surface area contributed by atoms with Crippen molar-refractivity contribution in [1.82, 2.24) is 9.97 Å². The minimum absolute atomic E-state index is 0.0527. The number of ether oxygens (including phenoxy) is 1. The van der Waals surface area contributed by atoms with Gasteiger partial charge in [-0.1, -0.05) is 45.3 Å². The molecule has 0 aromatic carbocycles. The van der Waals surface area contributed by atoms with Gasteiger partial charge in [-0.3, -0.25) is 0 Å². The van der Waals surface area contributed by atoms with Crippen LogP contribution in [0.1, 0.15) is 75.1 Å². The summed E-state index contributed by atoms with van der Waals surface area (Å²) in [6, 6.07) is 0. The number of aromatic nitrogens is 2. The molecule has 1 saturated carbocycles. The molecule has 1 atom stereocenters. The minimum atomic E-state index is 0.0527. The summed E-state index contributed by atoms with van der Waals surface area (Å²) in [7, 11) is 1.78. The van der Waals surface area contributed by atoms with Crippen LogP contribution in [0.5, 0.6) is 0 Å². The molecular weight excluding hydrogens is 268 g/mol. The van der Waals surface area contributed by atoms with E-state index in [1.165, 1.54) is 32.1 Å². The van der Waals surface area contributed by atoms with E-state index in [9.17, 15) is 0 Å². The van der Waals surface area contributed by atoms with Crippen molar-refractivity contribution in [2.45, 2.75) is 64.9 Å². The molecule has 1 fully saturated rings. The Bertz CT molecular complexity index is 504. The third-order valence-electron chi connectivity index (χ3n) is 4.35. The van der Waals surface area contributed by atoms with Crippen LogP contribution in [0.25, 0.3) is 0 Å². The lowest BCUT2D eigenvalue weighted by molar-refractivity contribution is 0.0287. The van der Waals surface area contributed by atoms with Crippen LogP contribution in [-0.4, -0.2) is 17.1 Å².